The first-order valence-electron chi connectivity index (χ1n) is 5.57. The Hall–Kier alpha value is -0.990. The van der Waals surface area contributed by atoms with Gasteiger partial charge in [0.1, 0.15) is 4.60 Å². The molecule has 0 saturated carbocycles. The molecule has 0 bridgehead atoms. The molecule has 0 fully saturated rings. The van der Waals surface area contributed by atoms with E-state index in [1.54, 1.807) is 12.1 Å². The lowest BCUT2D eigenvalue weighted by Gasteiger charge is -2.10. The summed E-state index contributed by atoms with van der Waals surface area (Å²) in [5.74, 6) is 0.146. The maximum Gasteiger partial charge on any atom is 0.263 e. The minimum absolute atomic E-state index is 0.146. The number of anilines is 1. The third-order valence-corrected chi connectivity index (χ3v) is 4.69. The number of nitrogens with zero attached hydrogens (tertiary/aromatic N) is 2. The first-order chi connectivity index (χ1) is 9.28. The molecule has 0 aliphatic heterocycles. The molecule has 2 rings (SSSR count). The molecular weight excluding hydrogens is 410 g/mol. The van der Waals surface area contributed by atoms with Gasteiger partial charge in [-0.15, -0.1) is 0 Å². The van der Waals surface area contributed by atoms with Crippen LogP contribution in [0.3, 0.4) is 0 Å². The van der Waals surface area contributed by atoms with Gasteiger partial charge >= 0.3 is 0 Å². The lowest BCUT2D eigenvalue weighted by Crippen LogP contribution is -2.15. The molecular formula is C12H11Br2N3O2S. The lowest BCUT2D eigenvalue weighted by molar-refractivity contribution is 0.600. The van der Waals surface area contributed by atoms with Crippen LogP contribution in [0.25, 0.3) is 0 Å². The molecule has 2 aromatic rings. The maximum atomic E-state index is 12.3. The average Bonchev–Trinajstić information content (AvgIpc) is 2.31. The Bertz CT molecular complexity index is 743. The summed E-state index contributed by atoms with van der Waals surface area (Å²) >= 11 is 6.33. The standard InChI is InChI=1S/C12H11Br2N3O2S/c1-7-3-8(2)5-9(4-7)20(18,19)17-12-11(14)16-10(13)6-15-12/h3-6H,1-2H3,(H,15,17). The van der Waals surface area contributed by atoms with Crippen LogP contribution in [-0.2, 0) is 10.0 Å². The fraction of sp³-hybridized carbons (Fsp3) is 0.167. The number of aromatic nitrogens is 2. The van der Waals surface area contributed by atoms with Gasteiger partial charge in [0.15, 0.2) is 10.4 Å². The molecule has 1 aromatic carbocycles. The molecule has 0 unspecified atom stereocenters. The Morgan fingerprint density at radius 3 is 2.25 bits per heavy atom. The van der Waals surface area contributed by atoms with Crippen molar-refractivity contribution in [3.8, 4) is 0 Å². The Kier molecular flexibility index (Phi) is 4.46. The van der Waals surface area contributed by atoms with Crippen LogP contribution in [0.4, 0.5) is 5.82 Å². The van der Waals surface area contributed by atoms with Crippen LogP contribution in [0.5, 0.6) is 0 Å². The van der Waals surface area contributed by atoms with Crippen LogP contribution in [0.2, 0.25) is 0 Å². The highest BCUT2D eigenvalue weighted by Gasteiger charge is 2.17. The van der Waals surface area contributed by atoms with Crippen LogP contribution >= 0.6 is 31.9 Å². The molecule has 0 amide bonds. The Balaban J connectivity index is 2.40. The molecule has 1 N–H and O–H groups in total. The maximum absolute atomic E-state index is 12.3. The normalized spacial score (nSPS) is 11.4. The van der Waals surface area contributed by atoms with Crippen LogP contribution < -0.4 is 4.72 Å². The summed E-state index contributed by atoms with van der Waals surface area (Å²) in [6.45, 7) is 3.70. The van der Waals surface area contributed by atoms with Gasteiger partial charge in [-0.1, -0.05) is 6.07 Å². The van der Waals surface area contributed by atoms with Gasteiger partial charge in [-0.05, 0) is 69.0 Å². The predicted molar refractivity (Wildman–Crippen MR) is 84.2 cm³/mol. The van der Waals surface area contributed by atoms with Crippen molar-refractivity contribution in [2.24, 2.45) is 0 Å². The highest BCUT2D eigenvalue weighted by molar-refractivity contribution is 9.11. The molecule has 0 spiro atoms. The van der Waals surface area contributed by atoms with E-state index in [0.29, 0.717) is 9.21 Å². The van der Waals surface area contributed by atoms with Gasteiger partial charge in [-0.3, -0.25) is 4.72 Å². The smallest absolute Gasteiger partial charge is 0.261 e. The van der Waals surface area contributed by atoms with Crippen molar-refractivity contribution in [1.29, 1.82) is 0 Å². The highest BCUT2D eigenvalue weighted by atomic mass is 79.9. The van der Waals surface area contributed by atoms with Gasteiger partial charge in [-0.2, -0.15) is 0 Å². The van der Waals surface area contributed by atoms with Crippen molar-refractivity contribution in [1.82, 2.24) is 9.97 Å². The zero-order chi connectivity index (χ0) is 14.9. The number of rotatable bonds is 3. The number of halogens is 2. The molecule has 1 aromatic heterocycles. The fourth-order valence-electron chi connectivity index (χ4n) is 1.69. The average molecular weight is 421 g/mol. The van der Waals surface area contributed by atoms with Crippen molar-refractivity contribution in [3.63, 3.8) is 0 Å². The first kappa shape index (κ1) is 15.4. The first-order valence-corrected chi connectivity index (χ1v) is 8.64. The van der Waals surface area contributed by atoms with Gasteiger partial charge in [0, 0.05) is 0 Å². The molecule has 1 heterocycles. The number of aryl methyl sites for hydroxylation is 2. The quantitative estimate of drug-likeness (QED) is 0.825. The highest BCUT2D eigenvalue weighted by Crippen LogP contribution is 2.23. The number of nitrogens with one attached hydrogen (secondary N) is 1. The topological polar surface area (TPSA) is 72.0 Å². The summed E-state index contributed by atoms with van der Waals surface area (Å²) in [6.07, 6.45) is 1.42. The van der Waals surface area contributed by atoms with Crippen molar-refractivity contribution in [2.75, 3.05) is 4.72 Å². The molecule has 8 heteroatoms. The van der Waals surface area contributed by atoms with Crippen LogP contribution in [-0.4, -0.2) is 18.4 Å². The van der Waals surface area contributed by atoms with Gasteiger partial charge in [0.05, 0.1) is 11.1 Å². The van der Waals surface area contributed by atoms with Crippen molar-refractivity contribution in [2.45, 2.75) is 18.7 Å². The third kappa shape index (κ3) is 3.56. The minimum atomic E-state index is -3.69. The number of hydrogen-bond donors (Lipinski definition) is 1. The number of hydrogen-bond acceptors (Lipinski definition) is 4. The Morgan fingerprint density at radius 1 is 1.10 bits per heavy atom. The monoisotopic (exact) mass is 419 g/mol. The molecule has 0 aliphatic carbocycles. The van der Waals surface area contributed by atoms with E-state index in [1.165, 1.54) is 6.20 Å². The summed E-state index contributed by atoms with van der Waals surface area (Å²) in [4.78, 5) is 8.22. The van der Waals surface area contributed by atoms with Crippen molar-refractivity contribution in [3.05, 3.63) is 44.7 Å². The molecule has 106 valence electrons. The second-order valence-electron chi connectivity index (χ2n) is 4.26. The van der Waals surface area contributed by atoms with Gasteiger partial charge in [0.25, 0.3) is 10.0 Å². The van der Waals surface area contributed by atoms with E-state index < -0.39 is 10.0 Å². The van der Waals surface area contributed by atoms with E-state index in [-0.39, 0.29) is 10.7 Å². The zero-order valence-electron chi connectivity index (χ0n) is 10.7. The summed E-state index contributed by atoms with van der Waals surface area (Å²) < 4.78 is 27.9. The van der Waals surface area contributed by atoms with Crippen LogP contribution in [0, 0.1) is 13.8 Å². The molecule has 20 heavy (non-hydrogen) atoms. The largest absolute Gasteiger partial charge is 0.263 e. The van der Waals surface area contributed by atoms with Crippen LogP contribution in [0.15, 0.2) is 38.5 Å². The van der Waals surface area contributed by atoms with Gasteiger partial charge in [-0.25, -0.2) is 18.4 Å². The molecule has 0 radical (unpaired) electrons. The molecule has 0 aliphatic rings. The molecule has 0 atom stereocenters. The lowest BCUT2D eigenvalue weighted by atomic mass is 10.2. The van der Waals surface area contributed by atoms with E-state index in [0.717, 1.165) is 11.1 Å². The Morgan fingerprint density at radius 2 is 1.70 bits per heavy atom. The van der Waals surface area contributed by atoms with E-state index in [4.69, 9.17) is 0 Å². The van der Waals surface area contributed by atoms with Gasteiger partial charge in [0.2, 0.25) is 0 Å². The van der Waals surface area contributed by atoms with Gasteiger partial charge < -0.3 is 0 Å². The third-order valence-electron chi connectivity index (χ3n) is 2.44. The number of sulfonamides is 1. The van der Waals surface area contributed by atoms with Crippen molar-refractivity contribution >= 4 is 47.7 Å². The summed E-state index contributed by atoms with van der Waals surface area (Å²) in [6, 6.07) is 5.12. The Labute approximate surface area is 134 Å². The van der Waals surface area contributed by atoms with E-state index in [9.17, 15) is 8.42 Å². The molecule has 0 saturated heterocycles. The van der Waals surface area contributed by atoms with E-state index >= 15 is 0 Å². The number of benzene rings is 1. The summed E-state index contributed by atoms with van der Waals surface area (Å²) in [5, 5.41) is 0. The zero-order valence-corrected chi connectivity index (χ0v) is 14.7. The summed E-state index contributed by atoms with van der Waals surface area (Å²) in [5.41, 5.74) is 1.76. The second kappa shape index (κ2) is 5.79. The minimum Gasteiger partial charge on any atom is -0.261 e. The second-order valence-corrected chi connectivity index (χ2v) is 7.51. The van der Waals surface area contributed by atoms with Crippen molar-refractivity contribution < 1.29 is 8.42 Å². The molecule has 5 nitrogen and oxygen atoms in total. The summed E-state index contributed by atoms with van der Waals surface area (Å²) in [7, 11) is -3.69. The van der Waals surface area contributed by atoms with E-state index in [2.05, 4.69) is 46.5 Å². The van der Waals surface area contributed by atoms with E-state index in [1.807, 2.05) is 19.9 Å². The van der Waals surface area contributed by atoms with Crippen LogP contribution in [0.1, 0.15) is 11.1 Å². The fourth-order valence-corrected chi connectivity index (χ4v) is 3.93. The predicted octanol–water partition coefficient (Wildman–Crippen LogP) is 3.42. The SMILES string of the molecule is Cc1cc(C)cc(S(=O)(=O)Nc2ncc(Br)nc2Br)c1.